The van der Waals surface area contributed by atoms with E-state index in [1.165, 1.54) is 0 Å². The number of aliphatic hydroxyl groups excluding tert-OH is 1. The third kappa shape index (κ3) is 5.95. The van der Waals surface area contributed by atoms with Crippen LogP contribution in [0.5, 0.6) is 11.6 Å². The first-order valence-corrected chi connectivity index (χ1v) is 13.3. The van der Waals surface area contributed by atoms with Crippen LogP contribution in [0.3, 0.4) is 0 Å². The first-order chi connectivity index (χ1) is 20.3. The maximum atomic E-state index is 9.02. The van der Waals surface area contributed by atoms with Crippen molar-refractivity contribution >= 4 is 28.2 Å². The monoisotopic (exact) mass is 541 g/mol. The Morgan fingerprint density at radius 3 is 2.37 bits per heavy atom. The Morgan fingerprint density at radius 2 is 1.54 bits per heavy atom. The molecule has 3 aromatic carbocycles. The van der Waals surface area contributed by atoms with Gasteiger partial charge in [0.2, 0.25) is 11.8 Å². The van der Waals surface area contributed by atoms with Crippen LogP contribution in [0.25, 0.3) is 33.3 Å². The first-order valence-electron chi connectivity index (χ1n) is 13.3. The molecule has 0 saturated carbocycles. The second-order valence-corrected chi connectivity index (χ2v) is 9.19. The SMILES string of the molecule is OCCCNc1nccc(-c2cccnc2Oc2ccc(Nc3nnc(-c4ccccc4)c4ccccc34)cc2)n1. The molecule has 0 unspecified atom stereocenters. The van der Waals surface area contributed by atoms with Crippen LogP contribution in [0, 0.1) is 0 Å². The van der Waals surface area contributed by atoms with E-state index >= 15 is 0 Å². The lowest BCUT2D eigenvalue weighted by Gasteiger charge is -2.13. The van der Waals surface area contributed by atoms with E-state index in [-0.39, 0.29) is 6.61 Å². The second kappa shape index (κ2) is 12.2. The predicted molar refractivity (Wildman–Crippen MR) is 160 cm³/mol. The van der Waals surface area contributed by atoms with Crippen LogP contribution in [0.2, 0.25) is 0 Å². The van der Waals surface area contributed by atoms with E-state index < -0.39 is 0 Å². The molecule has 3 N–H and O–H groups in total. The van der Waals surface area contributed by atoms with Crippen molar-refractivity contribution in [1.29, 1.82) is 0 Å². The number of nitrogens with zero attached hydrogens (tertiary/aromatic N) is 5. The summed E-state index contributed by atoms with van der Waals surface area (Å²) in [5, 5.41) is 26.6. The van der Waals surface area contributed by atoms with Gasteiger partial charge in [0, 0.05) is 47.6 Å². The van der Waals surface area contributed by atoms with Crippen molar-refractivity contribution in [2.24, 2.45) is 0 Å². The number of hydrogen-bond acceptors (Lipinski definition) is 9. The fourth-order valence-corrected chi connectivity index (χ4v) is 4.40. The summed E-state index contributed by atoms with van der Waals surface area (Å²) in [5.74, 6) is 2.21. The zero-order chi connectivity index (χ0) is 27.9. The van der Waals surface area contributed by atoms with Gasteiger partial charge in [0.15, 0.2) is 5.82 Å². The Hall–Kier alpha value is -5.41. The molecule has 3 heterocycles. The minimum atomic E-state index is 0.103. The van der Waals surface area contributed by atoms with Crippen molar-refractivity contribution < 1.29 is 9.84 Å². The van der Waals surface area contributed by atoms with Crippen LogP contribution in [0.1, 0.15) is 6.42 Å². The Labute approximate surface area is 237 Å². The molecule has 0 spiro atoms. The summed E-state index contributed by atoms with van der Waals surface area (Å²) in [4.78, 5) is 13.3. The highest BCUT2D eigenvalue weighted by atomic mass is 16.5. The number of nitrogens with one attached hydrogen (secondary N) is 2. The van der Waals surface area contributed by atoms with E-state index in [2.05, 4.69) is 41.8 Å². The third-order valence-corrected chi connectivity index (χ3v) is 6.39. The Morgan fingerprint density at radius 1 is 0.732 bits per heavy atom. The first kappa shape index (κ1) is 25.8. The zero-order valence-electron chi connectivity index (χ0n) is 22.1. The molecule has 6 aromatic rings. The molecule has 0 aliphatic rings. The minimum absolute atomic E-state index is 0.103. The van der Waals surface area contributed by atoms with Gasteiger partial charge in [-0.15, -0.1) is 10.2 Å². The van der Waals surface area contributed by atoms with Gasteiger partial charge in [0.25, 0.3) is 0 Å². The molecule has 0 aliphatic carbocycles. The van der Waals surface area contributed by atoms with Crippen LogP contribution in [0.15, 0.2) is 109 Å². The van der Waals surface area contributed by atoms with Crippen LogP contribution in [-0.4, -0.2) is 43.4 Å². The van der Waals surface area contributed by atoms with E-state index in [4.69, 9.17) is 9.84 Å². The van der Waals surface area contributed by atoms with E-state index in [1.807, 2.05) is 91.0 Å². The largest absolute Gasteiger partial charge is 0.438 e. The highest BCUT2D eigenvalue weighted by molar-refractivity contribution is 6.00. The van der Waals surface area contributed by atoms with Gasteiger partial charge in [-0.1, -0.05) is 54.6 Å². The molecule has 41 heavy (non-hydrogen) atoms. The summed E-state index contributed by atoms with van der Waals surface area (Å²) in [5.41, 5.74) is 4.13. The van der Waals surface area contributed by atoms with Crippen LogP contribution >= 0.6 is 0 Å². The number of aliphatic hydroxyl groups is 1. The second-order valence-electron chi connectivity index (χ2n) is 9.19. The Bertz CT molecular complexity index is 1760. The summed E-state index contributed by atoms with van der Waals surface area (Å²) >= 11 is 0. The molecule has 6 rings (SSSR count). The zero-order valence-corrected chi connectivity index (χ0v) is 22.1. The third-order valence-electron chi connectivity index (χ3n) is 6.39. The highest BCUT2D eigenvalue weighted by Crippen LogP contribution is 2.33. The standard InChI is InChI=1S/C32H27N7O2/c40-21-7-19-34-32-35-20-17-28(37-32)27-12-6-18-33-31(27)41-24-15-13-23(14-16-24)36-30-26-11-5-4-10-25(26)29(38-39-30)22-8-2-1-3-9-22/h1-6,8-18,20,40H,7,19,21H2,(H,36,39)(H,34,35,37). The smallest absolute Gasteiger partial charge is 0.228 e. The van der Waals surface area contributed by atoms with Gasteiger partial charge in [-0.2, -0.15) is 0 Å². The normalized spacial score (nSPS) is 10.9. The molecule has 0 bridgehead atoms. The van der Waals surface area contributed by atoms with Gasteiger partial charge in [-0.05, 0) is 48.9 Å². The summed E-state index contributed by atoms with van der Waals surface area (Å²) in [6.07, 6.45) is 3.97. The topological polar surface area (TPSA) is 118 Å². The number of benzene rings is 3. The van der Waals surface area contributed by atoms with Crippen LogP contribution in [-0.2, 0) is 0 Å². The van der Waals surface area contributed by atoms with Crippen molar-refractivity contribution in [3.05, 3.63) is 109 Å². The maximum Gasteiger partial charge on any atom is 0.228 e. The Balaban J connectivity index is 1.21. The van der Waals surface area contributed by atoms with Crippen molar-refractivity contribution in [2.75, 3.05) is 23.8 Å². The molecular weight excluding hydrogens is 514 g/mol. The molecule has 0 aliphatic heterocycles. The Kier molecular flexibility index (Phi) is 7.68. The van der Waals surface area contributed by atoms with Crippen molar-refractivity contribution in [1.82, 2.24) is 25.1 Å². The molecule has 0 fully saturated rings. The maximum absolute atomic E-state index is 9.02. The number of fused-ring (bicyclic) bond motifs is 1. The molecule has 9 nitrogen and oxygen atoms in total. The molecule has 0 radical (unpaired) electrons. The molecule has 0 atom stereocenters. The lowest BCUT2D eigenvalue weighted by Crippen LogP contribution is -2.07. The molecule has 202 valence electrons. The van der Waals surface area contributed by atoms with E-state index in [0.29, 0.717) is 42.1 Å². The van der Waals surface area contributed by atoms with Gasteiger partial charge in [0.1, 0.15) is 11.4 Å². The van der Waals surface area contributed by atoms with Gasteiger partial charge in [-0.25, -0.2) is 15.0 Å². The van der Waals surface area contributed by atoms with Gasteiger partial charge in [0.05, 0.1) is 11.3 Å². The molecular formula is C32H27N7O2. The van der Waals surface area contributed by atoms with Gasteiger partial charge in [-0.3, -0.25) is 0 Å². The minimum Gasteiger partial charge on any atom is -0.438 e. The summed E-state index contributed by atoms with van der Waals surface area (Å²) in [6.45, 7) is 0.682. The molecule has 0 amide bonds. The number of hydrogen-bond donors (Lipinski definition) is 3. The lowest BCUT2D eigenvalue weighted by molar-refractivity contribution is 0.292. The van der Waals surface area contributed by atoms with E-state index in [0.717, 1.165) is 33.3 Å². The van der Waals surface area contributed by atoms with Crippen LogP contribution in [0.4, 0.5) is 17.5 Å². The molecule has 3 aromatic heterocycles. The summed E-state index contributed by atoms with van der Waals surface area (Å²) in [7, 11) is 0. The summed E-state index contributed by atoms with van der Waals surface area (Å²) in [6, 6.07) is 31.3. The molecule has 9 heteroatoms. The number of pyridine rings is 1. The quantitative estimate of drug-likeness (QED) is 0.167. The molecule has 0 saturated heterocycles. The average molecular weight is 542 g/mol. The van der Waals surface area contributed by atoms with Crippen LogP contribution < -0.4 is 15.4 Å². The van der Waals surface area contributed by atoms with E-state index in [1.54, 1.807) is 12.4 Å². The number of aromatic nitrogens is 5. The van der Waals surface area contributed by atoms with E-state index in [9.17, 15) is 0 Å². The van der Waals surface area contributed by atoms with Crippen molar-refractivity contribution in [3.8, 4) is 34.1 Å². The number of rotatable bonds is 10. The predicted octanol–water partition coefficient (Wildman–Crippen LogP) is 6.48. The highest BCUT2D eigenvalue weighted by Gasteiger charge is 2.13. The fourth-order valence-electron chi connectivity index (χ4n) is 4.40. The number of anilines is 3. The number of ether oxygens (including phenoxy) is 1. The fraction of sp³-hybridized carbons (Fsp3) is 0.0938. The van der Waals surface area contributed by atoms with Gasteiger partial charge >= 0.3 is 0 Å². The van der Waals surface area contributed by atoms with Gasteiger partial charge < -0.3 is 20.5 Å². The lowest BCUT2D eigenvalue weighted by atomic mass is 10.0. The average Bonchev–Trinajstić information content (AvgIpc) is 3.03. The van der Waals surface area contributed by atoms with Crippen molar-refractivity contribution in [3.63, 3.8) is 0 Å². The van der Waals surface area contributed by atoms with Crippen molar-refractivity contribution in [2.45, 2.75) is 6.42 Å². The summed E-state index contributed by atoms with van der Waals surface area (Å²) < 4.78 is 6.16.